The lowest BCUT2D eigenvalue weighted by molar-refractivity contribution is -0.132. The number of ether oxygens (including phenoxy) is 2. The van der Waals surface area contributed by atoms with Crippen molar-refractivity contribution < 1.29 is 27.5 Å². The van der Waals surface area contributed by atoms with Gasteiger partial charge in [-0.1, -0.05) is 11.6 Å². The molecule has 1 saturated heterocycles. The Bertz CT molecular complexity index is 1150. The van der Waals surface area contributed by atoms with E-state index in [-0.39, 0.29) is 35.9 Å². The number of carbonyl (C=O) groups excluding carboxylic acids is 2. The normalized spacial score (nSPS) is 16.8. The van der Waals surface area contributed by atoms with E-state index in [2.05, 4.69) is 4.72 Å². The Labute approximate surface area is 197 Å². The minimum Gasteiger partial charge on any atom is -0.497 e. The van der Waals surface area contributed by atoms with E-state index in [1.165, 1.54) is 24.1 Å². The van der Waals surface area contributed by atoms with Crippen molar-refractivity contribution in [3.8, 4) is 11.5 Å². The first-order valence-corrected chi connectivity index (χ1v) is 12.3. The van der Waals surface area contributed by atoms with Crippen molar-refractivity contribution in [2.24, 2.45) is 0 Å². The number of hydrogen-bond acceptors (Lipinski definition) is 6. The summed E-state index contributed by atoms with van der Waals surface area (Å²) in [7, 11) is -2.16. The van der Waals surface area contributed by atoms with Crippen LogP contribution in [0.5, 0.6) is 11.5 Å². The molecule has 2 aromatic rings. The molecule has 0 spiro atoms. The van der Waals surface area contributed by atoms with Crippen molar-refractivity contribution in [2.75, 3.05) is 38.3 Å². The molecular weight excluding hydrogens is 470 g/mol. The summed E-state index contributed by atoms with van der Waals surface area (Å²) in [6, 6.07) is 10.8. The molecule has 11 heteroatoms. The van der Waals surface area contributed by atoms with Crippen LogP contribution in [-0.4, -0.2) is 64.5 Å². The van der Waals surface area contributed by atoms with Gasteiger partial charge in [-0.2, -0.15) is 0 Å². The third kappa shape index (κ3) is 5.23. The number of fused-ring (bicyclic) bond motifs is 1. The lowest BCUT2D eigenvalue weighted by Gasteiger charge is -2.35. The van der Waals surface area contributed by atoms with Crippen LogP contribution in [0.15, 0.2) is 47.4 Å². The molecule has 2 aliphatic heterocycles. The molecule has 0 unspecified atom stereocenters. The van der Waals surface area contributed by atoms with Gasteiger partial charge in [0.2, 0.25) is 15.9 Å². The van der Waals surface area contributed by atoms with E-state index >= 15 is 0 Å². The monoisotopic (exact) mass is 493 g/mol. The number of halogens is 1. The zero-order valence-corrected chi connectivity index (χ0v) is 19.6. The predicted molar refractivity (Wildman–Crippen MR) is 122 cm³/mol. The number of hydrogen-bond donors (Lipinski definition) is 1. The van der Waals surface area contributed by atoms with E-state index in [0.29, 0.717) is 48.1 Å². The molecule has 4 rings (SSSR count). The lowest BCUT2D eigenvalue weighted by Crippen LogP contribution is -2.51. The van der Waals surface area contributed by atoms with Gasteiger partial charge >= 0.3 is 0 Å². The molecule has 2 aromatic carbocycles. The van der Waals surface area contributed by atoms with Crippen LogP contribution in [0.1, 0.15) is 12.8 Å². The Balaban J connectivity index is 1.35. The minimum atomic E-state index is -3.68. The van der Waals surface area contributed by atoms with Gasteiger partial charge in [-0.05, 0) is 55.3 Å². The fourth-order valence-electron chi connectivity index (χ4n) is 3.87. The van der Waals surface area contributed by atoms with Crippen LogP contribution >= 0.6 is 11.6 Å². The van der Waals surface area contributed by atoms with Crippen LogP contribution < -0.4 is 19.1 Å². The van der Waals surface area contributed by atoms with Crippen molar-refractivity contribution >= 4 is 39.1 Å². The second-order valence-corrected chi connectivity index (χ2v) is 9.98. The highest BCUT2D eigenvalue weighted by Crippen LogP contribution is 2.34. The third-order valence-corrected chi connectivity index (χ3v) is 7.47. The van der Waals surface area contributed by atoms with E-state index in [9.17, 15) is 18.0 Å². The summed E-state index contributed by atoms with van der Waals surface area (Å²) in [5.41, 5.74) is 0.467. The molecule has 33 heavy (non-hydrogen) atoms. The summed E-state index contributed by atoms with van der Waals surface area (Å²) in [6.45, 7) is 0.500. The molecule has 0 aromatic heterocycles. The van der Waals surface area contributed by atoms with Gasteiger partial charge in [0.25, 0.3) is 5.91 Å². The molecular formula is C22H24ClN3O6S. The first kappa shape index (κ1) is 23.3. The van der Waals surface area contributed by atoms with Crippen LogP contribution in [-0.2, 0) is 19.6 Å². The van der Waals surface area contributed by atoms with Gasteiger partial charge in [-0.25, -0.2) is 13.1 Å². The first-order chi connectivity index (χ1) is 15.8. The third-order valence-electron chi connectivity index (χ3n) is 5.70. The summed E-state index contributed by atoms with van der Waals surface area (Å²) in [6.07, 6.45) is 0.946. The smallest absolute Gasteiger partial charge is 0.265 e. The number of amides is 2. The van der Waals surface area contributed by atoms with Gasteiger partial charge in [-0.3, -0.25) is 14.5 Å². The molecule has 2 amide bonds. The number of carbonyl (C=O) groups is 2. The fourth-order valence-corrected chi connectivity index (χ4v) is 5.34. The van der Waals surface area contributed by atoms with E-state index in [1.807, 2.05) is 0 Å². The maximum Gasteiger partial charge on any atom is 0.265 e. The predicted octanol–water partition coefficient (Wildman–Crippen LogP) is 2.04. The summed E-state index contributed by atoms with van der Waals surface area (Å²) in [5, 5.41) is 0.439. The number of rotatable bonds is 6. The maximum atomic E-state index is 12.9. The van der Waals surface area contributed by atoms with Crippen molar-refractivity contribution in [3.63, 3.8) is 0 Å². The van der Waals surface area contributed by atoms with Crippen LogP contribution in [0.2, 0.25) is 5.02 Å². The zero-order chi connectivity index (χ0) is 23.6. The molecule has 176 valence electrons. The molecule has 2 aliphatic rings. The van der Waals surface area contributed by atoms with Gasteiger partial charge in [0, 0.05) is 24.2 Å². The van der Waals surface area contributed by atoms with Gasteiger partial charge in [-0.15, -0.1) is 0 Å². The molecule has 1 N–H and O–H groups in total. The maximum absolute atomic E-state index is 12.9. The molecule has 0 saturated carbocycles. The Hall–Kier alpha value is -2.82. The molecule has 0 bridgehead atoms. The van der Waals surface area contributed by atoms with E-state index < -0.39 is 10.0 Å². The highest BCUT2D eigenvalue weighted by molar-refractivity contribution is 7.89. The Morgan fingerprint density at radius 1 is 1.18 bits per heavy atom. The SMILES string of the molecule is COc1ccc(S(=O)(=O)NC2CCN(C(=O)CN3C(=O)COc4ccc(Cl)cc43)CC2)cc1. The number of piperidine rings is 1. The number of sulfonamides is 1. The molecule has 2 heterocycles. The van der Waals surface area contributed by atoms with Crippen LogP contribution in [0.4, 0.5) is 5.69 Å². The number of benzene rings is 2. The minimum absolute atomic E-state index is 0.127. The Kier molecular flexibility index (Phi) is 6.78. The second-order valence-electron chi connectivity index (χ2n) is 7.83. The topological polar surface area (TPSA) is 105 Å². The summed E-state index contributed by atoms with van der Waals surface area (Å²) < 4.78 is 38.5. The number of methoxy groups -OCH3 is 1. The number of nitrogens with one attached hydrogen (secondary N) is 1. The van der Waals surface area contributed by atoms with Crippen molar-refractivity contribution in [2.45, 2.75) is 23.8 Å². The van der Waals surface area contributed by atoms with E-state index in [0.717, 1.165) is 0 Å². The summed E-state index contributed by atoms with van der Waals surface area (Å²) in [4.78, 5) is 28.4. The van der Waals surface area contributed by atoms with Crippen LogP contribution in [0.3, 0.4) is 0 Å². The van der Waals surface area contributed by atoms with Gasteiger partial charge in [0.05, 0.1) is 17.7 Å². The highest BCUT2D eigenvalue weighted by atomic mass is 35.5. The zero-order valence-electron chi connectivity index (χ0n) is 18.0. The second kappa shape index (κ2) is 9.58. The molecule has 1 fully saturated rings. The number of anilines is 1. The van der Waals surface area contributed by atoms with Crippen molar-refractivity contribution in [1.82, 2.24) is 9.62 Å². The number of likely N-dealkylation sites (tertiary alicyclic amines) is 1. The molecule has 0 radical (unpaired) electrons. The molecule has 0 aliphatic carbocycles. The molecule has 0 atom stereocenters. The van der Waals surface area contributed by atoms with Crippen molar-refractivity contribution in [3.05, 3.63) is 47.5 Å². The highest BCUT2D eigenvalue weighted by Gasteiger charge is 2.31. The van der Waals surface area contributed by atoms with Gasteiger partial charge in [0.15, 0.2) is 6.61 Å². The fraction of sp³-hybridized carbons (Fsp3) is 0.364. The molecule has 9 nitrogen and oxygen atoms in total. The Morgan fingerprint density at radius 2 is 1.88 bits per heavy atom. The summed E-state index contributed by atoms with van der Waals surface area (Å²) in [5.74, 6) is 0.538. The van der Waals surface area contributed by atoms with Crippen molar-refractivity contribution in [1.29, 1.82) is 0 Å². The van der Waals surface area contributed by atoms with E-state index in [4.69, 9.17) is 21.1 Å². The van der Waals surface area contributed by atoms with Crippen LogP contribution in [0, 0.1) is 0 Å². The van der Waals surface area contributed by atoms with E-state index in [1.54, 1.807) is 35.2 Å². The number of nitrogens with zero attached hydrogens (tertiary/aromatic N) is 2. The largest absolute Gasteiger partial charge is 0.497 e. The standard InChI is InChI=1S/C22H24ClN3O6S/c1-31-17-3-5-18(6-4-17)33(29,30)24-16-8-10-25(11-9-16)21(27)13-26-19-12-15(23)2-7-20(19)32-14-22(26)28/h2-7,12,16,24H,8-11,13-14H2,1H3. The quantitative estimate of drug-likeness (QED) is 0.660. The Morgan fingerprint density at radius 3 is 2.55 bits per heavy atom. The summed E-state index contributed by atoms with van der Waals surface area (Å²) >= 11 is 6.05. The van der Waals surface area contributed by atoms with Gasteiger partial charge in [0.1, 0.15) is 18.0 Å². The van der Waals surface area contributed by atoms with Gasteiger partial charge < -0.3 is 14.4 Å². The van der Waals surface area contributed by atoms with Crippen LogP contribution in [0.25, 0.3) is 0 Å². The lowest BCUT2D eigenvalue weighted by atomic mass is 10.1. The average Bonchev–Trinajstić information content (AvgIpc) is 2.81. The average molecular weight is 494 g/mol. The first-order valence-electron chi connectivity index (χ1n) is 10.4.